The maximum atomic E-state index is 6.01. The van der Waals surface area contributed by atoms with Gasteiger partial charge in [-0.3, -0.25) is 0 Å². The van der Waals surface area contributed by atoms with Gasteiger partial charge in [0, 0.05) is 11.3 Å². The lowest BCUT2D eigenvalue weighted by atomic mass is 10.2. The molecule has 94 valence electrons. The third-order valence-electron chi connectivity index (χ3n) is 2.52. The van der Waals surface area contributed by atoms with Crippen molar-refractivity contribution in [3.05, 3.63) is 53.1 Å². The van der Waals surface area contributed by atoms with Crippen LogP contribution in [0.15, 0.2) is 42.5 Å². The molecule has 2 aromatic carbocycles. The van der Waals surface area contributed by atoms with E-state index in [2.05, 4.69) is 0 Å². The Labute approximate surface area is 111 Å². The fourth-order valence-electron chi connectivity index (χ4n) is 1.63. The molecule has 3 nitrogen and oxygen atoms in total. The molecule has 0 saturated carbocycles. The molecule has 0 aromatic heterocycles. The molecular weight excluding hydrogens is 250 g/mol. The van der Waals surface area contributed by atoms with Gasteiger partial charge in [0.05, 0.1) is 12.1 Å². The number of nitrogens with two attached hydrogens (primary N) is 1. The number of nitrogen functional groups attached to an aromatic ring is 1. The van der Waals surface area contributed by atoms with Gasteiger partial charge in [0.25, 0.3) is 0 Å². The van der Waals surface area contributed by atoms with Crippen molar-refractivity contribution in [2.75, 3.05) is 12.8 Å². The number of halogens is 1. The molecule has 2 aromatic rings. The Morgan fingerprint density at radius 2 is 1.89 bits per heavy atom. The van der Waals surface area contributed by atoms with Crippen molar-refractivity contribution < 1.29 is 9.47 Å². The molecule has 0 heterocycles. The molecule has 0 aliphatic heterocycles. The van der Waals surface area contributed by atoms with Crippen LogP contribution in [-0.2, 0) is 6.61 Å². The summed E-state index contributed by atoms with van der Waals surface area (Å²) in [6.07, 6.45) is 0. The molecule has 0 fully saturated rings. The second-order valence-electron chi connectivity index (χ2n) is 3.79. The Bertz CT molecular complexity index is 543. The van der Waals surface area contributed by atoms with Gasteiger partial charge < -0.3 is 15.2 Å². The molecule has 18 heavy (non-hydrogen) atoms. The second kappa shape index (κ2) is 5.65. The number of rotatable bonds is 4. The lowest BCUT2D eigenvalue weighted by Crippen LogP contribution is -2.00. The average molecular weight is 264 g/mol. The summed E-state index contributed by atoms with van der Waals surface area (Å²) in [5.41, 5.74) is 7.30. The Morgan fingerprint density at radius 1 is 1.11 bits per heavy atom. The maximum absolute atomic E-state index is 6.01. The van der Waals surface area contributed by atoms with Crippen molar-refractivity contribution in [3.8, 4) is 11.5 Å². The fraction of sp³-hybridized carbons (Fsp3) is 0.143. The van der Waals surface area contributed by atoms with E-state index < -0.39 is 0 Å². The average Bonchev–Trinajstić information content (AvgIpc) is 2.38. The van der Waals surface area contributed by atoms with Gasteiger partial charge in [0.15, 0.2) is 0 Å². The maximum Gasteiger partial charge on any atom is 0.138 e. The third-order valence-corrected chi connectivity index (χ3v) is 2.84. The van der Waals surface area contributed by atoms with E-state index in [4.69, 9.17) is 26.8 Å². The van der Waals surface area contributed by atoms with E-state index >= 15 is 0 Å². The summed E-state index contributed by atoms with van der Waals surface area (Å²) in [6.45, 7) is 0.359. The minimum absolute atomic E-state index is 0.359. The molecule has 0 radical (unpaired) electrons. The van der Waals surface area contributed by atoms with Crippen molar-refractivity contribution in [3.63, 3.8) is 0 Å². The molecule has 0 bridgehead atoms. The van der Waals surface area contributed by atoms with E-state index in [1.54, 1.807) is 19.2 Å². The second-order valence-corrected chi connectivity index (χ2v) is 4.20. The van der Waals surface area contributed by atoms with Crippen LogP contribution >= 0.6 is 11.6 Å². The first-order valence-corrected chi connectivity index (χ1v) is 5.88. The number of hydrogen-bond donors (Lipinski definition) is 1. The monoisotopic (exact) mass is 263 g/mol. The zero-order chi connectivity index (χ0) is 13.0. The predicted molar refractivity (Wildman–Crippen MR) is 73.2 cm³/mol. The first-order chi connectivity index (χ1) is 8.70. The van der Waals surface area contributed by atoms with Crippen molar-refractivity contribution in [1.82, 2.24) is 0 Å². The minimum atomic E-state index is 0.359. The van der Waals surface area contributed by atoms with Crippen LogP contribution < -0.4 is 15.2 Å². The van der Waals surface area contributed by atoms with Crippen molar-refractivity contribution >= 4 is 17.3 Å². The highest BCUT2D eigenvalue weighted by Crippen LogP contribution is 2.27. The highest BCUT2D eigenvalue weighted by Gasteiger charge is 2.06. The summed E-state index contributed by atoms with van der Waals surface area (Å²) in [5, 5.41) is 0.584. The molecule has 0 amide bonds. The Hall–Kier alpha value is -1.87. The van der Waals surface area contributed by atoms with Gasteiger partial charge in [-0.2, -0.15) is 0 Å². The van der Waals surface area contributed by atoms with Gasteiger partial charge >= 0.3 is 0 Å². The molecule has 4 heteroatoms. The quantitative estimate of drug-likeness (QED) is 0.859. The fourth-order valence-corrected chi connectivity index (χ4v) is 1.82. The van der Waals surface area contributed by atoms with Crippen molar-refractivity contribution in [2.24, 2.45) is 0 Å². The highest BCUT2D eigenvalue weighted by atomic mass is 35.5. The largest absolute Gasteiger partial charge is 0.496 e. The van der Waals surface area contributed by atoms with Crippen LogP contribution in [0.1, 0.15) is 5.56 Å². The Morgan fingerprint density at radius 3 is 2.61 bits per heavy atom. The van der Waals surface area contributed by atoms with Crippen LogP contribution in [0.4, 0.5) is 5.69 Å². The first-order valence-electron chi connectivity index (χ1n) is 5.50. The van der Waals surface area contributed by atoms with Crippen LogP contribution in [0.3, 0.4) is 0 Å². The van der Waals surface area contributed by atoms with E-state index in [0.717, 1.165) is 11.3 Å². The van der Waals surface area contributed by atoms with Gasteiger partial charge in [0.1, 0.15) is 18.1 Å². The molecule has 2 rings (SSSR count). The van der Waals surface area contributed by atoms with Crippen LogP contribution in [0, 0.1) is 0 Å². The molecule has 0 aliphatic carbocycles. The zero-order valence-corrected chi connectivity index (χ0v) is 10.8. The predicted octanol–water partition coefficient (Wildman–Crippen LogP) is 3.51. The smallest absolute Gasteiger partial charge is 0.138 e. The summed E-state index contributed by atoms with van der Waals surface area (Å²) < 4.78 is 10.9. The molecule has 0 saturated heterocycles. The third kappa shape index (κ3) is 2.87. The van der Waals surface area contributed by atoms with Gasteiger partial charge in [0.2, 0.25) is 0 Å². The number of anilines is 1. The van der Waals surface area contributed by atoms with E-state index in [-0.39, 0.29) is 0 Å². The first kappa shape index (κ1) is 12.6. The lowest BCUT2D eigenvalue weighted by Gasteiger charge is -2.11. The van der Waals surface area contributed by atoms with E-state index in [1.807, 2.05) is 30.3 Å². The minimum Gasteiger partial charge on any atom is -0.496 e. The number of hydrogen-bond acceptors (Lipinski definition) is 3. The van der Waals surface area contributed by atoms with Crippen LogP contribution in [0.5, 0.6) is 11.5 Å². The normalized spacial score (nSPS) is 10.1. The van der Waals surface area contributed by atoms with Crippen LogP contribution in [0.25, 0.3) is 0 Å². The van der Waals surface area contributed by atoms with E-state index in [0.29, 0.717) is 23.1 Å². The Balaban J connectivity index is 2.15. The molecular formula is C14H14ClNO2. The molecule has 0 unspecified atom stereocenters. The summed E-state index contributed by atoms with van der Waals surface area (Å²) in [7, 11) is 1.62. The topological polar surface area (TPSA) is 44.5 Å². The molecule has 0 aliphatic rings. The SMILES string of the molecule is COc1ccc(N)cc1COc1ccccc1Cl. The summed E-state index contributed by atoms with van der Waals surface area (Å²) >= 11 is 6.01. The summed E-state index contributed by atoms with van der Waals surface area (Å²) in [6, 6.07) is 12.8. The van der Waals surface area contributed by atoms with Gasteiger partial charge in [-0.1, -0.05) is 23.7 Å². The van der Waals surface area contributed by atoms with Crippen LogP contribution in [-0.4, -0.2) is 7.11 Å². The highest BCUT2D eigenvalue weighted by molar-refractivity contribution is 6.32. The van der Waals surface area contributed by atoms with Crippen molar-refractivity contribution in [2.45, 2.75) is 6.61 Å². The van der Waals surface area contributed by atoms with Crippen molar-refractivity contribution in [1.29, 1.82) is 0 Å². The molecule has 0 spiro atoms. The van der Waals surface area contributed by atoms with Crippen LogP contribution in [0.2, 0.25) is 5.02 Å². The number of para-hydroxylation sites is 1. The van der Waals surface area contributed by atoms with E-state index in [9.17, 15) is 0 Å². The van der Waals surface area contributed by atoms with Gasteiger partial charge in [-0.15, -0.1) is 0 Å². The number of benzene rings is 2. The summed E-state index contributed by atoms with van der Waals surface area (Å²) in [4.78, 5) is 0. The zero-order valence-electron chi connectivity index (χ0n) is 10.0. The van der Waals surface area contributed by atoms with E-state index in [1.165, 1.54) is 0 Å². The van der Waals surface area contributed by atoms with Gasteiger partial charge in [-0.25, -0.2) is 0 Å². The Kier molecular flexibility index (Phi) is 3.95. The standard InChI is InChI=1S/C14H14ClNO2/c1-17-13-7-6-11(16)8-10(13)9-18-14-5-3-2-4-12(14)15/h2-8H,9,16H2,1H3. The van der Waals surface area contributed by atoms with Gasteiger partial charge in [-0.05, 0) is 30.3 Å². The lowest BCUT2D eigenvalue weighted by molar-refractivity contribution is 0.297. The number of ether oxygens (including phenoxy) is 2. The molecule has 2 N–H and O–H groups in total. The molecule has 0 atom stereocenters. The number of methoxy groups -OCH3 is 1. The summed E-state index contributed by atoms with van der Waals surface area (Å²) in [5.74, 6) is 1.39.